The van der Waals surface area contributed by atoms with Crippen molar-refractivity contribution in [2.45, 2.75) is 24.6 Å². The van der Waals surface area contributed by atoms with Gasteiger partial charge in [-0.2, -0.15) is 0 Å². The van der Waals surface area contributed by atoms with E-state index in [2.05, 4.69) is 4.74 Å². The zero-order valence-electron chi connectivity index (χ0n) is 8.58. The Balaban J connectivity index is 3.34. The molecular weight excluding hydrogens is 281 g/mol. The lowest BCUT2D eigenvalue weighted by Gasteiger charge is -2.14. The van der Waals surface area contributed by atoms with E-state index in [1.807, 2.05) is 0 Å². The van der Waals surface area contributed by atoms with Gasteiger partial charge < -0.3 is 4.74 Å². The molecule has 0 saturated heterocycles. The fourth-order valence-corrected chi connectivity index (χ4v) is 2.56. The van der Waals surface area contributed by atoms with Gasteiger partial charge in [0, 0.05) is 16.2 Å². The van der Waals surface area contributed by atoms with Crippen molar-refractivity contribution >= 4 is 19.7 Å². The van der Waals surface area contributed by atoms with E-state index < -0.39 is 21.2 Å². The van der Waals surface area contributed by atoms with Crippen LogP contribution in [0.25, 0.3) is 0 Å². The highest BCUT2D eigenvalue weighted by atomic mass is 35.7. The molecule has 0 aliphatic rings. The second-order valence-electron chi connectivity index (χ2n) is 3.07. The van der Waals surface area contributed by atoms with Crippen LogP contribution in [0.2, 0.25) is 0 Å². The Bertz CT molecular complexity index is 511. The van der Waals surface area contributed by atoms with Crippen LogP contribution >= 0.6 is 10.7 Å². The summed E-state index contributed by atoms with van der Waals surface area (Å²) in [5.74, 6) is -0.554. The van der Waals surface area contributed by atoms with E-state index in [1.54, 1.807) is 0 Å². The standard InChI is InChI=1S/C9H8ClF3O3S/c1-2-6-7(16-9(11,12)13)4-3-5-8(6)17(10,14)15/h3-5H,2H2,1H3. The molecule has 96 valence electrons. The molecule has 8 heteroatoms. The summed E-state index contributed by atoms with van der Waals surface area (Å²) in [6.45, 7) is 1.50. The molecule has 0 fully saturated rings. The lowest BCUT2D eigenvalue weighted by molar-refractivity contribution is -0.275. The molecular formula is C9H8ClF3O3S. The molecule has 0 amide bonds. The Labute approximate surface area is 101 Å². The van der Waals surface area contributed by atoms with E-state index in [1.165, 1.54) is 6.92 Å². The molecule has 0 heterocycles. The quantitative estimate of drug-likeness (QED) is 0.803. The summed E-state index contributed by atoms with van der Waals surface area (Å²) < 4.78 is 62.3. The summed E-state index contributed by atoms with van der Waals surface area (Å²) >= 11 is 0. The molecule has 1 aromatic carbocycles. The number of benzene rings is 1. The number of rotatable bonds is 3. The van der Waals surface area contributed by atoms with Crippen molar-refractivity contribution in [1.29, 1.82) is 0 Å². The van der Waals surface area contributed by atoms with E-state index in [4.69, 9.17) is 10.7 Å². The Kier molecular flexibility index (Phi) is 3.93. The average molecular weight is 289 g/mol. The van der Waals surface area contributed by atoms with Crippen molar-refractivity contribution in [1.82, 2.24) is 0 Å². The first-order chi connectivity index (χ1) is 7.65. The topological polar surface area (TPSA) is 43.4 Å². The van der Waals surface area contributed by atoms with Crippen molar-refractivity contribution in [3.8, 4) is 5.75 Å². The van der Waals surface area contributed by atoms with Crippen LogP contribution < -0.4 is 4.74 Å². The predicted octanol–water partition coefficient (Wildman–Crippen LogP) is 3.08. The largest absolute Gasteiger partial charge is 0.573 e. The maximum Gasteiger partial charge on any atom is 0.573 e. The fraction of sp³-hybridized carbons (Fsp3) is 0.333. The Hall–Kier alpha value is -0.950. The van der Waals surface area contributed by atoms with Crippen LogP contribution in [0.15, 0.2) is 23.1 Å². The third-order valence-corrected chi connectivity index (χ3v) is 3.34. The number of hydrogen-bond donors (Lipinski definition) is 0. The minimum absolute atomic E-state index is 0.0491. The molecule has 1 rings (SSSR count). The molecule has 0 atom stereocenters. The van der Waals surface area contributed by atoms with Gasteiger partial charge in [0.05, 0.1) is 4.90 Å². The maximum atomic E-state index is 12.1. The molecule has 3 nitrogen and oxygen atoms in total. The van der Waals surface area contributed by atoms with E-state index in [9.17, 15) is 21.6 Å². The second kappa shape index (κ2) is 4.73. The minimum Gasteiger partial charge on any atom is -0.405 e. The Morgan fingerprint density at radius 1 is 1.35 bits per heavy atom. The van der Waals surface area contributed by atoms with Gasteiger partial charge in [-0.05, 0) is 18.6 Å². The summed E-state index contributed by atoms with van der Waals surface area (Å²) in [7, 11) is 1.02. The van der Waals surface area contributed by atoms with Crippen LogP contribution in [0.5, 0.6) is 5.75 Å². The van der Waals surface area contributed by atoms with Gasteiger partial charge in [0.15, 0.2) is 0 Å². The fourth-order valence-electron chi connectivity index (χ4n) is 1.34. The number of ether oxygens (including phenoxy) is 1. The highest BCUT2D eigenvalue weighted by molar-refractivity contribution is 8.13. The molecule has 0 saturated carbocycles. The lowest BCUT2D eigenvalue weighted by atomic mass is 10.1. The van der Waals surface area contributed by atoms with Gasteiger partial charge in [-0.3, -0.25) is 0 Å². The maximum absolute atomic E-state index is 12.1. The van der Waals surface area contributed by atoms with Gasteiger partial charge >= 0.3 is 6.36 Å². The van der Waals surface area contributed by atoms with E-state index in [-0.39, 0.29) is 16.9 Å². The predicted molar refractivity (Wildman–Crippen MR) is 55.5 cm³/mol. The van der Waals surface area contributed by atoms with Crippen LogP contribution in [-0.4, -0.2) is 14.8 Å². The average Bonchev–Trinajstić information content (AvgIpc) is 2.13. The highest BCUT2D eigenvalue weighted by Crippen LogP contribution is 2.32. The summed E-state index contributed by atoms with van der Waals surface area (Å²) in [4.78, 5) is -0.372. The summed E-state index contributed by atoms with van der Waals surface area (Å²) in [5, 5.41) is 0. The van der Waals surface area contributed by atoms with Gasteiger partial charge in [-0.1, -0.05) is 13.0 Å². The van der Waals surface area contributed by atoms with Gasteiger partial charge in [0.1, 0.15) is 5.75 Å². The number of halogens is 4. The van der Waals surface area contributed by atoms with Gasteiger partial charge in [0.2, 0.25) is 0 Å². The summed E-state index contributed by atoms with van der Waals surface area (Å²) in [6, 6.07) is 3.30. The van der Waals surface area contributed by atoms with Gasteiger partial charge in [0.25, 0.3) is 9.05 Å². The zero-order valence-corrected chi connectivity index (χ0v) is 10.2. The highest BCUT2D eigenvalue weighted by Gasteiger charge is 2.33. The Morgan fingerprint density at radius 2 is 1.94 bits per heavy atom. The van der Waals surface area contributed by atoms with Crippen LogP contribution in [0.3, 0.4) is 0 Å². The molecule has 0 aliphatic carbocycles. The first-order valence-electron chi connectivity index (χ1n) is 4.47. The van der Waals surface area contributed by atoms with Crippen molar-refractivity contribution < 1.29 is 26.3 Å². The minimum atomic E-state index is -4.88. The smallest absolute Gasteiger partial charge is 0.405 e. The lowest BCUT2D eigenvalue weighted by Crippen LogP contribution is -2.18. The summed E-state index contributed by atoms with van der Waals surface area (Å²) in [6.07, 6.45) is -4.83. The molecule has 0 aliphatic heterocycles. The number of hydrogen-bond acceptors (Lipinski definition) is 3. The monoisotopic (exact) mass is 288 g/mol. The normalized spacial score (nSPS) is 12.5. The van der Waals surface area contributed by atoms with Gasteiger partial charge in [-0.15, -0.1) is 13.2 Å². The molecule has 0 radical (unpaired) electrons. The SMILES string of the molecule is CCc1c(OC(F)(F)F)cccc1S(=O)(=O)Cl. The molecule has 0 spiro atoms. The molecule has 0 bridgehead atoms. The van der Waals surface area contributed by atoms with Crippen molar-refractivity contribution in [3.63, 3.8) is 0 Å². The van der Waals surface area contributed by atoms with E-state index in [0.717, 1.165) is 18.2 Å². The van der Waals surface area contributed by atoms with Crippen LogP contribution in [0.1, 0.15) is 12.5 Å². The molecule has 0 aromatic heterocycles. The second-order valence-corrected chi connectivity index (χ2v) is 5.61. The Morgan fingerprint density at radius 3 is 2.35 bits per heavy atom. The van der Waals surface area contributed by atoms with Crippen molar-refractivity contribution in [2.24, 2.45) is 0 Å². The van der Waals surface area contributed by atoms with Crippen molar-refractivity contribution in [2.75, 3.05) is 0 Å². The van der Waals surface area contributed by atoms with E-state index >= 15 is 0 Å². The number of alkyl halides is 3. The molecule has 0 unspecified atom stereocenters. The van der Waals surface area contributed by atoms with Crippen molar-refractivity contribution in [3.05, 3.63) is 23.8 Å². The van der Waals surface area contributed by atoms with Gasteiger partial charge in [-0.25, -0.2) is 8.42 Å². The molecule has 17 heavy (non-hydrogen) atoms. The van der Waals surface area contributed by atoms with Crippen LogP contribution in [0, 0.1) is 0 Å². The zero-order chi connectivity index (χ0) is 13.3. The summed E-state index contributed by atoms with van der Waals surface area (Å²) in [5.41, 5.74) is -0.0974. The first kappa shape index (κ1) is 14.1. The third-order valence-electron chi connectivity index (χ3n) is 1.93. The third kappa shape index (κ3) is 3.78. The molecule has 1 aromatic rings. The van der Waals surface area contributed by atoms with Crippen LogP contribution in [0.4, 0.5) is 13.2 Å². The van der Waals surface area contributed by atoms with Crippen LogP contribution in [-0.2, 0) is 15.5 Å². The van der Waals surface area contributed by atoms with E-state index in [0.29, 0.717) is 0 Å². The first-order valence-corrected chi connectivity index (χ1v) is 6.78. The molecule has 0 N–H and O–H groups in total.